The third-order valence-corrected chi connectivity index (χ3v) is 2.10. The van der Waals surface area contributed by atoms with Gasteiger partial charge in [-0.05, 0) is 30.4 Å². The number of halogens is 1. The maximum atomic E-state index is 8.50. The molecule has 0 bridgehead atoms. The lowest BCUT2D eigenvalue weighted by atomic mass is 9.86. The number of nitrogens with zero attached hydrogens (tertiary/aromatic N) is 1. The maximum absolute atomic E-state index is 8.50. The zero-order chi connectivity index (χ0) is 13.5. The molecule has 2 heteroatoms. The average molecular weight is 252 g/mol. The van der Waals surface area contributed by atoms with Gasteiger partial charge in [-0.3, -0.25) is 0 Å². The highest BCUT2D eigenvalue weighted by atomic mass is 35.5. The highest BCUT2D eigenvalue weighted by Gasteiger charge is 2.12. The molecule has 0 aliphatic carbocycles. The van der Waals surface area contributed by atoms with Crippen molar-refractivity contribution < 1.29 is 0 Å². The number of benzene rings is 1. The minimum atomic E-state index is 0.200. The molecule has 0 saturated heterocycles. The second-order valence-electron chi connectivity index (χ2n) is 5.30. The van der Waals surface area contributed by atoms with Gasteiger partial charge in [-0.25, -0.2) is 0 Å². The Balaban J connectivity index is 0.000000557. The minimum absolute atomic E-state index is 0.200. The summed E-state index contributed by atoms with van der Waals surface area (Å²) in [6.45, 7) is 10.4. The lowest BCUT2D eigenvalue weighted by molar-refractivity contribution is 0.590. The Morgan fingerprint density at radius 2 is 1.59 bits per heavy atom. The third-order valence-electron chi connectivity index (χ3n) is 2.10. The van der Waals surface area contributed by atoms with E-state index in [1.165, 1.54) is 5.56 Å². The molecular formula is C15H22ClN. The summed E-state index contributed by atoms with van der Waals surface area (Å²) in [7, 11) is 0. The zero-order valence-corrected chi connectivity index (χ0v) is 12.2. The molecule has 0 atom stereocenters. The van der Waals surface area contributed by atoms with Gasteiger partial charge in [0.2, 0.25) is 0 Å². The number of hydrogen-bond donors (Lipinski definition) is 0. The molecule has 1 rings (SSSR count). The third kappa shape index (κ3) is 7.82. The van der Waals surface area contributed by atoms with Gasteiger partial charge in [0, 0.05) is 5.38 Å². The molecule has 94 valence electrons. The molecule has 0 fully saturated rings. The first kappa shape index (κ1) is 16.0. The number of hydrogen-bond acceptors (Lipinski definition) is 1. The first-order valence-corrected chi connectivity index (χ1v) is 6.31. The second kappa shape index (κ2) is 7.35. The molecule has 0 aliphatic rings. The van der Waals surface area contributed by atoms with Gasteiger partial charge < -0.3 is 0 Å². The molecule has 0 spiro atoms. The van der Waals surface area contributed by atoms with Crippen LogP contribution in [0.2, 0.25) is 0 Å². The fourth-order valence-electron chi connectivity index (χ4n) is 1.21. The van der Waals surface area contributed by atoms with Crippen LogP contribution in [0.15, 0.2) is 24.3 Å². The first-order valence-electron chi connectivity index (χ1n) is 5.87. The average Bonchev–Trinajstić information content (AvgIpc) is 2.16. The molecule has 0 unspecified atom stereocenters. The predicted octanol–water partition coefficient (Wildman–Crippen LogP) is 4.68. The smallest absolute Gasteiger partial charge is 0.0669 e. The summed E-state index contributed by atoms with van der Waals surface area (Å²) in [6.07, 6.45) is 0.504. The van der Waals surface area contributed by atoms with Gasteiger partial charge in [0.15, 0.2) is 0 Å². The van der Waals surface area contributed by atoms with Crippen LogP contribution in [-0.2, 0) is 11.8 Å². The number of alkyl halides is 1. The van der Waals surface area contributed by atoms with Gasteiger partial charge in [-0.15, -0.1) is 11.6 Å². The molecule has 1 aromatic carbocycles. The molecule has 0 heterocycles. The molecule has 0 amide bonds. The maximum Gasteiger partial charge on any atom is 0.0669 e. The standard InChI is InChI=1S/C12H15N.C3H7Cl/c1-12(2,3)11-6-4-10(5-7-11)8-9-13;1-3(2)4/h4-7H,8H2,1-3H3;3H,1-2H3. The van der Waals surface area contributed by atoms with E-state index in [4.69, 9.17) is 16.9 Å². The van der Waals surface area contributed by atoms with E-state index in [1.807, 2.05) is 26.0 Å². The van der Waals surface area contributed by atoms with Crippen molar-refractivity contribution in [1.82, 2.24) is 0 Å². The van der Waals surface area contributed by atoms with Gasteiger partial charge in [-0.1, -0.05) is 45.0 Å². The van der Waals surface area contributed by atoms with E-state index in [0.29, 0.717) is 11.8 Å². The van der Waals surface area contributed by atoms with Crippen molar-refractivity contribution in [3.8, 4) is 6.07 Å². The van der Waals surface area contributed by atoms with Crippen molar-refractivity contribution in [1.29, 1.82) is 5.26 Å². The second-order valence-corrected chi connectivity index (χ2v) is 6.17. The molecular weight excluding hydrogens is 230 g/mol. The molecule has 0 aromatic heterocycles. The van der Waals surface area contributed by atoms with Crippen LogP contribution in [0, 0.1) is 11.3 Å². The quantitative estimate of drug-likeness (QED) is 0.665. The topological polar surface area (TPSA) is 23.8 Å². The fraction of sp³-hybridized carbons (Fsp3) is 0.533. The lowest BCUT2D eigenvalue weighted by Gasteiger charge is -2.18. The van der Waals surface area contributed by atoms with Gasteiger partial charge in [0.25, 0.3) is 0 Å². The van der Waals surface area contributed by atoms with Crippen molar-refractivity contribution in [2.75, 3.05) is 0 Å². The van der Waals surface area contributed by atoms with E-state index in [-0.39, 0.29) is 5.41 Å². The van der Waals surface area contributed by atoms with Crippen LogP contribution in [0.5, 0.6) is 0 Å². The Labute approximate surface area is 110 Å². The largest absolute Gasteiger partial charge is 0.198 e. The Hall–Kier alpha value is -1.00. The summed E-state index contributed by atoms with van der Waals surface area (Å²) in [5, 5.41) is 8.80. The van der Waals surface area contributed by atoms with Crippen molar-refractivity contribution >= 4 is 11.6 Å². The molecule has 1 aromatic rings. The molecule has 1 nitrogen and oxygen atoms in total. The highest BCUT2D eigenvalue weighted by Crippen LogP contribution is 2.22. The minimum Gasteiger partial charge on any atom is -0.198 e. The van der Waals surface area contributed by atoms with Crippen LogP contribution in [-0.4, -0.2) is 5.38 Å². The van der Waals surface area contributed by atoms with Crippen molar-refractivity contribution in [2.45, 2.75) is 51.8 Å². The van der Waals surface area contributed by atoms with E-state index in [1.54, 1.807) is 0 Å². The Morgan fingerprint density at radius 1 is 1.18 bits per heavy atom. The summed E-state index contributed by atoms with van der Waals surface area (Å²) in [5.74, 6) is 0. The van der Waals surface area contributed by atoms with Gasteiger partial charge >= 0.3 is 0 Å². The molecule has 17 heavy (non-hydrogen) atoms. The van der Waals surface area contributed by atoms with E-state index in [0.717, 1.165) is 5.56 Å². The lowest BCUT2D eigenvalue weighted by Crippen LogP contribution is -2.10. The first-order chi connectivity index (χ1) is 7.77. The summed E-state index contributed by atoms with van der Waals surface area (Å²) in [5.41, 5.74) is 2.61. The van der Waals surface area contributed by atoms with E-state index in [2.05, 4.69) is 39.0 Å². The van der Waals surface area contributed by atoms with E-state index < -0.39 is 0 Å². The van der Waals surface area contributed by atoms with Crippen LogP contribution in [0.25, 0.3) is 0 Å². The van der Waals surface area contributed by atoms with Crippen LogP contribution in [0.4, 0.5) is 0 Å². The Morgan fingerprint density at radius 3 is 1.88 bits per heavy atom. The summed E-state index contributed by atoms with van der Waals surface area (Å²) >= 11 is 5.27. The predicted molar refractivity (Wildman–Crippen MR) is 75.4 cm³/mol. The van der Waals surface area contributed by atoms with Crippen LogP contribution in [0.3, 0.4) is 0 Å². The summed E-state index contributed by atoms with van der Waals surface area (Å²) < 4.78 is 0. The van der Waals surface area contributed by atoms with Crippen molar-refractivity contribution in [3.63, 3.8) is 0 Å². The van der Waals surface area contributed by atoms with Crippen LogP contribution < -0.4 is 0 Å². The number of rotatable bonds is 1. The fourth-order valence-corrected chi connectivity index (χ4v) is 1.21. The zero-order valence-electron chi connectivity index (χ0n) is 11.4. The van der Waals surface area contributed by atoms with Crippen LogP contribution >= 0.6 is 11.6 Å². The van der Waals surface area contributed by atoms with Gasteiger partial charge in [-0.2, -0.15) is 5.26 Å². The monoisotopic (exact) mass is 251 g/mol. The van der Waals surface area contributed by atoms with E-state index >= 15 is 0 Å². The highest BCUT2D eigenvalue weighted by molar-refractivity contribution is 6.20. The Kier molecular flexibility index (Phi) is 6.92. The van der Waals surface area contributed by atoms with Gasteiger partial charge in [0.1, 0.15) is 0 Å². The summed E-state index contributed by atoms with van der Waals surface area (Å²) in [6, 6.07) is 10.4. The molecule has 0 aliphatic heterocycles. The van der Waals surface area contributed by atoms with Crippen molar-refractivity contribution in [3.05, 3.63) is 35.4 Å². The van der Waals surface area contributed by atoms with Crippen molar-refractivity contribution in [2.24, 2.45) is 0 Å². The normalized spacial score (nSPS) is 10.5. The SMILES string of the molecule is CC(C)(C)c1ccc(CC#N)cc1.CC(C)Cl. The van der Waals surface area contributed by atoms with E-state index in [9.17, 15) is 0 Å². The summed E-state index contributed by atoms with van der Waals surface area (Å²) in [4.78, 5) is 0. The molecule has 0 radical (unpaired) electrons. The molecule has 0 saturated carbocycles. The molecule has 0 N–H and O–H groups in total. The van der Waals surface area contributed by atoms with Crippen LogP contribution in [0.1, 0.15) is 45.7 Å². The number of nitriles is 1. The van der Waals surface area contributed by atoms with Gasteiger partial charge in [0.05, 0.1) is 12.5 Å². The Bertz CT molecular complexity index is 349.